The van der Waals surface area contributed by atoms with Crippen molar-refractivity contribution in [2.24, 2.45) is 0 Å². The van der Waals surface area contributed by atoms with Crippen LogP contribution in [0.2, 0.25) is 0 Å². The summed E-state index contributed by atoms with van der Waals surface area (Å²) in [6.45, 7) is 0. The zero-order valence-corrected chi connectivity index (χ0v) is 30.8. The molecule has 0 atom stereocenters. The molecule has 11 rings (SSSR count). The number of fused-ring (bicyclic) bond motifs is 6. The van der Waals surface area contributed by atoms with E-state index in [0.717, 1.165) is 52.1 Å². The van der Waals surface area contributed by atoms with Crippen LogP contribution in [0.3, 0.4) is 0 Å². The summed E-state index contributed by atoms with van der Waals surface area (Å²) in [5.41, 5.74) is 16.5. The van der Waals surface area contributed by atoms with Crippen LogP contribution >= 0.6 is 0 Å². The minimum absolute atomic E-state index is 0.899. The number of pyridine rings is 1. The summed E-state index contributed by atoms with van der Waals surface area (Å²) in [6.07, 6.45) is 6.69. The molecule has 1 aliphatic carbocycles. The summed E-state index contributed by atoms with van der Waals surface area (Å²) in [4.78, 5) is 5.38. The molecule has 3 heteroatoms. The monoisotopic (exact) mass is 715 g/mol. The lowest BCUT2D eigenvalue weighted by atomic mass is 9.99. The van der Waals surface area contributed by atoms with Crippen LogP contribution < -0.4 is 0 Å². The van der Waals surface area contributed by atoms with Gasteiger partial charge in [0, 0.05) is 38.7 Å². The number of hydrogen-bond acceptors (Lipinski definition) is 1. The van der Waals surface area contributed by atoms with Crippen molar-refractivity contribution in [2.75, 3.05) is 0 Å². The lowest BCUT2D eigenvalue weighted by Crippen LogP contribution is -2.03. The Kier molecular flexibility index (Phi) is 7.63. The van der Waals surface area contributed by atoms with E-state index in [1.165, 1.54) is 60.9 Å². The van der Waals surface area contributed by atoms with E-state index in [2.05, 4.69) is 209 Å². The number of benzene rings is 7. The number of aromatic nitrogens is 3. The molecule has 0 saturated carbocycles. The fourth-order valence-electron chi connectivity index (χ4n) is 8.73. The highest BCUT2D eigenvalue weighted by Crippen LogP contribution is 2.40. The molecule has 0 bridgehead atoms. The molecular formula is C53H37N3. The Hall–Kier alpha value is -7.23. The first-order valence-electron chi connectivity index (χ1n) is 19.4. The normalized spacial score (nSPS) is 12.4. The Morgan fingerprint density at radius 2 is 0.982 bits per heavy atom. The van der Waals surface area contributed by atoms with E-state index in [9.17, 15) is 0 Å². The van der Waals surface area contributed by atoms with E-state index in [0.29, 0.717) is 0 Å². The molecule has 264 valence electrons. The second kappa shape index (κ2) is 13.3. The molecule has 0 N–H and O–H groups in total. The molecule has 7 aromatic carbocycles. The van der Waals surface area contributed by atoms with E-state index in [1.54, 1.807) is 0 Å². The highest BCUT2D eigenvalue weighted by atomic mass is 15.1. The third-order valence-corrected chi connectivity index (χ3v) is 11.4. The number of allylic oxidation sites excluding steroid dienone is 1. The van der Waals surface area contributed by atoms with Crippen molar-refractivity contribution in [3.8, 4) is 56.1 Å². The van der Waals surface area contributed by atoms with Gasteiger partial charge in [0.2, 0.25) is 0 Å². The maximum Gasteiger partial charge on any atom is 0.138 e. The van der Waals surface area contributed by atoms with Crippen LogP contribution in [-0.4, -0.2) is 14.1 Å². The lowest BCUT2D eigenvalue weighted by molar-refractivity contribution is 0.889. The summed E-state index contributed by atoms with van der Waals surface area (Å²) >= 11 is 0. The predicted octanol–water partition coefficient (Wildman–Crippen LogP) is 13.7. The van der Waals surface area contributed by atoms with Crippen molar-refractivity contribution in [1.82, 2.24) is 14.1 Å². The van der Waals surface area contributed by atoms with Crippen LogP contribution in [0, 0.1) is 0 Å². The van der Waals surface area contributed by atoms with Crippen LogP contribution in [0.25, 0.3) is 94.9 Å². The summed E-state index contributed by atoms with van der Waals surface area (Å²) in [5, 5.41) is 3.71. The van der Waals surface area contributed by atoms with Crippen molar-refractivity contribution in [3.63, 3.8) is 0 Å². The first kappa shape index (κ1) is 32.2. The lowest BCUT2D eigenvalue weighted by Gasteiger charge is -2.15. The van der Waals surface area contributed by atoms with Crippen molar-refractivity contribution >= 4 is 38.8 Å². The fourth-order valence-corrected chi connectivity index (χ4v) is 8.73. The summed E-state index contributed by atoms with van der Waals surface area (Å²) < 4.78 is 4.86. The molecule has 3 aromatic heterocycles. The van der Waals surface area contributed by atoms with Crippen molar-refractivity contribution in [1.29, 1.82) is 0 Å². The zero-order chi connectivity index (χ0) is 37.0. The Bertz CT molecular complexity index is 3050. The van der Waals surface area contributed by atoms with E-state index in [4.69, 9.17) is 4.98 Å². The minimum Gasteiger partial charge on any atom is -0.313 e. The molecule has 0 radical (unpaired) electrons. The van der Waals surface area contributed by atoms with Gasteiger partial charge in [-0.05, 0) is 88.7 Å². The third-order valence-electron chi connectivity index (χ3n) is 11.4. The first-order valence-corrected chi connectivity index (χ1v) is 19.4. The molecule has 3 heterocycles. The third kappa shape index (κ3) is 5.39. The summed E-state index contributed by atoms with van der Waals surface area (Å²) in [7, 11) is 0. The van der Waals surface area contributed by atoms with E-state index in [-0.39, 0.29) is 0 Å². The van der Waals surface area contributed by atoms with Gasteiger partial charge in [-0.25, -0.2) is 4.98 Å². The van der Waals surface area contributed by atoms with Gasteiger partial charge in [0.15, 0.2) is 0 Å². The first-order chi connectivity index (χ1) is 27.8. The standard InChI is InChI=1S/C53H37N3/c1-4-15-36(16-5-1)39-21-14-22-43(31-39)55-49-25-12-10-23-44(49)46-29-27-40(33-51(46)55)41-28-30-47-45-24-11-13-26-50(45)56(52(47)34-41)53-35-42(37-17-6-2-7-18-37)32-48(54-53)38-19-8-3-9-20-38/h1-11,13-24,26-35H,12,25H2. The zero-order valence-electron chi connectivity index (χ0n) is 30.8. The van der Waals surface area contributed by atoms with Gasteiger partial charge in [0.1, 0.15) is 5.82 Å². The number of para-hydroxylation sites is 1. The summed E-state index contributed by atoms with van der Waals surface area (Å²) in [6, 6.07) is 67.9. The molecule has 0 unspecified atom stereocenters. The van der Waals surface area contributed by atoms with Gasteiger partial charge in [0.05, 0.1) is 22.2 Å². The Labute approximate surface area is 326 Å². The van der Waals surface area contributed by atoms with Crippen LogP contribution in [0.15, 0.2) is 194 Å². The van der Waals surface area contributed by atoms with E-state index < -0.39 is 0 Å². The molecule has 0 spiro atoms. The van der Waals surface area contributed by atoms with Gasteiger partial charge < -0.3 is 4.57 Å². The second-order valence-corrected chi connectivity index (χ2v) is 14.7. The average Bonchev–Trinajstić information content (AvgIpc) is 3.79. The fraction of sp³-hybridized carbons (Fsp3) is 0.0377. The smallest absolute Gasteiger partial charge is 0.138 e. The van der Waals surface area contributed by atoms with E-state index in [1.807, 2.05) is 0 Å². The van der Waals surface area contributed by atoms with Crippen LogP contribution in [0.1, 0.15) is 17.7 Å². The van der Waals surface area contributed by atoms with Crippen molar-refractivity contribution in [3.05, 3.63) is 205 Å². The Morgan fingerprint density at radius 3 is 1.73 bits per heavy atom. The number of hydrogen-bond donors (Lipinski definition) is 0. The van der Waals surface area contributed by atoms with Gasteiger partial charge in [-0.1, -0.05) is 158 Å². The maximum atomic E-state index is 5.38. The van der Waals surface area contributed by atoms with Crippen molar-refractivity contribution < 1.29 is 0 Å². The average molecular weight is 716 g/mol. The minimum atomic E-state index is 0.899. The predicted molar refractivity (Wildman–Crippen MR) is 235 cm³/mol. The number of nitrogens with zero attached hydrogens (tertiary/aromatic N) is 3. The molecule has 56 heavy (non-hydrogen) atoms. The molecular weight excluding hydrogens is 679 g/mol. The quantitative estimate of drug-likeness (QED) is 0.168. The molecule has 3 nitrogen and oxygen atoms in total. The van der Waals surface area contributed by atoms with Gasteiger partial charge in [-0.15, -0.1) is 0 Å². The molecule has 1 aliphatic rings. The SMILES string of the molecule is C1=Cc2c(n(-c3cccc(-c4ccccc4)c3)c3cc(-c4ccc5c6ccccc6n(-c6cc(-c7ccccc7)cc(-c7ccccc7)n6)c5c4)ccc23)CC1. The molecule has 0 aliphatic heterocycles. The molecule has 10 aromatic rings. The van der Waals surface area contributed by atoms with Gasteiger partial charge in [0.25, 0.3) is 0 Å². The molecule has 0 fully saturated rings. The highest BCUT2D eigenvalue weighted by molar-refractivity contribution is 6.10. The second-order valence-electron chi connectivity index (χ2n) is 14.7. The Balaban J connectivity index is 1.11. The van der Waals surface area contributed by atoms with Gasteiger partial charge in [-0.2, -0.15) is 0 Å². The Morgan fingerprint density at radius 1 is 0.393 bits per heavy atom. The van der Waals surface area contributed by atoms with Crippen LogP contribution in [0.5, 0.6) is 0 Å². The van der Waals surface area contributed by atoms with Gasteiger partial charge >= 0.3 is 0 Å². The number of rotatable bonds is 6. The van der Waals surface area contributed by atoms with Crippen LogP contribution in [0.4, 0.5) is 0 Å². The largest absolute Gasteiger partial charge is 0.313 e. The topological polar surface area (TPSA) is 22.8 Å². The highest BCUT2D eigenvalue weighted by Gasteiger charge is 2.21. The van der Waals surface area contributed by atoms with Crippen LogP contribution in [-0.2, 0) is 6.42 Å². The van der Waals surface area contributed by atoms with Crippen molar-refractivity contribution in [2.45, 2.75) is 12.8 Å². The van der Waals surface area contributed by atoms with Gasteiger partial charge in [-0.3, -0.25) is 4.57 Å². The maximum absolute atomic E-state index is 5.38. The summed E-state index contributed by atoms with van der Waals surface area (Å²) in [5.74, 6) is 0.899. The molecule has 0 saturated heterocycles. The van der Waals surface area contributed by atoms with E-state index >= 15 is 0 Å². The molecule has 0 amide bonds.